The van der Waals surface area contributed by atoms with Crippen molar-refractivity contribution in [1.29, 1.82) is 0 Å². The van der Waals surface area contributed by atoms with E-state index < -0.39 is 20.2 Å². The Kier molecular flexibility index (Phi) is 28.6. The third kappa shape index (κ3) is 20.9. The van der Waals surface area contributed by atoms with Crippen LogP contribution >= 0.6 is 0 Å². The van der Waals surface area contributed by atoms with Crippen molar-refractivity contribution in [2.75, 3.05) is 0 Å². The number of unbranched alkanes of at least 4 members (excludes halogenated alkanes) is 20. The first-order chi connectivity index (χ1) is 28.9. The van der Waals surface area contributed by atoms with Crippen LogP contribution in [0.4, 0.5) is 0 Å². The quantitative estimate of drug-likeness (QED) is 0.0292. The Morgan fingerprint density at radius 1 is 0.328 bits per heavy atom. The zero-order chi connectivity index (χ0) is 43.6. The summed E-state index contributed by atoms with van der Waals surface area (Å²) >= 11 is 0. The summed E-state index contributed by atoms with van der Waals surface area (Å²) in [4.78, 5) is -0.230. The molecule has 0 aliphatic carbocycles. The van der Waals surface area contributed by atoms with Crippen LogP contribution in [0.2, 0.25) is 0 Å². The zero-order valence-electron chi connectivity index (χ0n) is 38.5. The normalized spacial score (nSPS) is 11.8. The van der Waals surface area contributed by atoms with E-state index in [0.717, 1.165) is 84.0 Å². The summed E-state index contributed by atoms with van der Waals surface area (Å²) in [5.74, 6) is 0. The van der Waals surface area contributed by atoms with Crippen molar-refractivity contribution in [1.82, 2.24) is 0 Å². The molecular formula is C52H78CaO6S2. The van der Waals surface area contributed by atoms with E-state index in [2.05, 4.69) is 52.0 Å². The molecule has 0 aliphatic heterocycles. The van der Waals surface area contributed by atoms with Gasteiger partial charge >= 0.3 is 37.7 Å². The van der Waals surface area contributed by atoms with E-state index >= 15 is 0 Å². The molecule has 0 bridgehead atoms. The van der Waals surface area contributed by atoms with E-state index in [0.29, 0.717) is 0 Å². The maximum atomic E-state index is 11.6. The van der Waals surface area contributed by atoms with Crippen molar-refractivity contribution >= 4 is 79.5 Å². The molecular weight excluding hydrogens is 825 g/mol. The Hall–Kier alpha value is -1.52. The van der Waals surface area contributed by atoms with Gasteiger partial charge in [-0.05, 0) is 119 Å². The van der Waals surface area contributed by atoms with Crippen LogP contribution in [0.3, 0.4) is 0 Å². The largest absolute Gasteiger partial charge is 2.00 e. The van der Waals surface area contributed by atoms with Crippen molar-refractivity contribution in [2.45, 2.75) is 217 Å². The first kappa shape index (κ1) is 55.6. The fraction of sp³-hybridized carbons (Fsp3) is 0.615. The van der Waals surface area contributed by atoms with Crippen molar-refractivity contribution in [3.63, 3.8) is 0 Å². The molecule has 336 valence electrons. The number of hydrogen-bond acceptors (Lipinski definition) is 6. The maximum Gasteiger partial charge on any atom is 2.00 e. The van der Waals surface area contributed by atoms with E-state index in [-0.39, 0.29) is 47.5 Å². The molecule has 61 heavy (non-hydrogen) atoms. The molecule has 4 aromatic rings. The van der Waals surface area contributed by atoms with E-state index in [9.17, 15) is 25.9 Å². The van der Waals surface area contributed by atoms with Gasteiger partial charge in [0.25, 0.3) is 0 Å². The van der Waals surface area contributed by atoms with Gasteiger partial charge in [-0.2, -0.15) is 0 Å². The van der Waals surface area contributed by atoms with Gasteiger partial charge in [0.2, 0.25) is 0 Å². The Morgan fingerprint density at radius 3 is 0.803 bits per heavy atom. The van der Waals surface area contributed by atoms with E-state index in [1.807, 2.05) is 12.1 Å². The van der Waals surface area contributed by atoms with Gasteiger partial charge in [0.15, 0.2) is 0 Å². The molecule has 0 heterocycles. The molecule has 0 aromatic heterocycles. The smallest absolute Gasteiger partial charge is 0.744 e. The molecule has 9 heteroatoms. The summed E-state index contributed by atoms with van der Waals surface area (Å²) in [7, 11) is -8.88. The third-order valence-corrected chi connectivity index (χ3v) is 13.8. The summed E-state index contributed by atoms with van der Waals surface area (Å²) < 4.78 is 69.5. The Labute approximate surface area is 402 Å². The molecule has 0 fully saturated rings. The first-order valence-electron chi connectivity index (χ1n) is 23.9. The van der Waals surface area contributed by atoms with Crippen molar-refractivity contribution < 1.29 is 25.9 Å². The minimum absolute atomic E-state index is 0. The van der Waals surface area contributed by atoms with Crippen LogP contribution in [0.25, 0.3) is 21.5 Å². The van der Waals surface area contributed by atoms with E-state index in [1.165, 1.54) is 152 Å². The summed E-state index contributed by atoms with van der Waals surface area (Å²) in [5.41, 5.74) is 4.86. The molecule has 0 spiro atoms. The predicted molar refractivity (Wildman–Crippen MR) is 258 cm³/mol. The van der Waals surface area contributed by atoms with Crippen LogP contribution in [-0.4, -0.2) is 63.7 Å². The molecule has 0 amide bonds. The predicted octanol–water partition coefficient (Wildman–Crippen LogP) is 14.7. The van der Waals surface area contributed by atoms with Crippen LogP contribution in [0.15, 0.2) is 70.5 Å². The van der Waals surface area contributed by atoms with Crippen LogP contribution in [-0.2, 0) is 45.9 Å². The Bertz CT molecular complexity index is 1900. The molecule has 0 radical (unpaired) electrons. The minimum atomic E-state index is -4.44. The average molecular weight is 903 g/mol. The molecule has 0 saturated carbocycles. The molecule has 6 nitrogen and oxygen atoms in total. The van der Waals surface area contributed by atoms with Crippen molar-refractivity contribution in [2.24, 2.45) is 0 Å². The SMILES string of the molecule is CCCCCCCCc1ccc(CCCCCCCC)c2cc(S(=O)(=O)[O-])ccc12.CCCCCCCCc1ccc(CCCCCCCC)c2cc(S(=O)(=O)[O-])ccc12.[Ca+2]. The van der Waals surface area contributed by atoms with Gasteiger partial charge in [0.1, 0.15) is 20.2 Å². The maximum absolute atomic E-state index is 11.6. The molecule has 0 aliphatic rings. The fourth-order valence-electron chi connectivity index (χ4n) is 8.47. The van der Waals surface area contributed by atoms with Crippen molar-refractivity contribution in [3.8, 4) is 0 Å². The van der Waals surface area contributed by atoms with Gasteiger partial charge < -0.3 is 9.11 Å². The number of aryl methyl sites for hydroxylation is 4. The number of benzene rings is 4. The van der Waals surface area contributed by atoms with E-state index in [1.54, 1.807) is 12.1 Å². The minimum Gasteiger partial charge on any atom is -0.744 e. The van der Waals surface area contributed by atoms with E-state index in [4.69, 9.17) is 0 Å². The number of rotatable bonds is 30. The first-order valence-corrected chi connectivity index (χ1v) is 26.8. The topological polar surface area (TPSA) is 114 Å². The van der Waals surface area contributed by atoms with Gasteiger partial charge in [-0.15, -0.1) is 0 Å². The monoisotopic (exact) mass is 902 g/mol. The van der Waals surface area contributed by atoms with Gasteiger partial charge in [-0.1, -0.05) is 193 Å². The van der Waals surface area contributed by atoms with Gasteiger partial charge in [0.05, 0.1) is 9.79 Å². The molecule has 4 aromatic carbocycles. The fourth-order valence-corrected chi connectivity index (χ4v) is 9.46. The molecule has 0 saturated heterocycles. The molecule has 4 rings (SSSR count). The standard InChI is InChI=1S/2C26H40O3S.Ca/c2*1-3-5-7-9-11-13-15-22-17-18-23(16-14-12-10-8-6-4-2)26-21-24(30(27,28)29)19-20-25(22)26;/h2*17-21H,3-16H2,1-2H3,(H,27,28,29);/q;;+2/p-2. The summed E-state index contributed by atoms with van der Waals surface area (Å²) in [5, 5.41) is 4.12. The second-order valence-corrected chi connectivity index (χ2v) is 19.9. The van der Waals surface area contributed by atoms with Crippen LogP contribution < -0.4 is 0 Å². The van der Waals surface area contributed by atoms with Crippen molar-refractivity contribution in [3.05, 3.63) is 82.9 Å². The van der Waals surface area contributed by atoms with Gasteiger partial charge in [-0.25, -0.2) is 16.8 Å². The van der Waals surface area contributed by atoms with Crippen LogP contribution in [0.1, 0.15) is 204 Å². The van der Waals surface area contributed by atoms with Gasteiger partial charge in [0, 0.05) is 0 Å². The Balaban J connectivity index is 0.000000413. The zero-order valence-corrected chi connectivity index (χ0v) is 42.4. The second-order valence-electron chi connectivity index (χ2n) is 17.2. The summed E-state index contributed by atoms with van der Waals surface area (Å²) in [6, 6.07) is 18.6. The Morgan fingerprint density at radius 2 is 0.557 bits per heavy atom. The molecule has 0 atom stereocenters. The van der Waals surface area contributed by atoms with Crippen LogP contribution in [0.5, 0.6) is 0 Å². The second kappa shape index (κ2) is 31.4. The van der Waals surface area contributed by atoms with Gasteiger partial charge in [-0.3, -0.25) is 0 Å². The number of hydrogen-bond donors (Lipinski definition) is 0. The molecule has 0 unspecified atom stereocenters. The average Bonchev–Trinajstić information content (AvgIpc) is 3.23. The molecule has 0 N–H and O–H groups in total. The summed E-state index contributed by atoms with van der Waals surface area (Å²) in [6.45, 7) is 8.91. The number of fused-ring (bicyclic) bond motifs is 2. The summed E-state index contributed by atoms with van der Waals surface area (Å²) in [6.07, 6.45) is 33.7. The van der Waals surface area contributed by atoms with Crippen LogP contribution in [0, 0.1) is 0 Å². The third-order valence-electron chi connectivity index (χ3n) is 12.1.